The van der Waals surface area contributed by atoms with E-state index >= 15 is 0 Å². The SMILES string of the molecule is Cc1cc(-c2nnc(N)o2)ccn1. The fourth-order valence-electron chi connectivity index (χ4n) is 1.03. The summed E-state index contributed by atoms with van der Waals surface area (Å²) in [6, 6.07) is 3.72. The number of nitrogen functional groups attached to an aromatic ring is 1. The van der Waals surface area contributed by atoms with Gasteiger partial charge < -0.3 is 10.2 Å². The summed E-state index contributed by atoms with van der Waals surface area (Å²) in [5, 5.41) is 7.32. The van der Waals surface area contributed by atoms with Crippen LogP contribution >= 0.6 is 0 Å². The van der Waals surface area contributed by atoms with Gasteiger partial charge in [0.05, 0.1) is 0 Å². The molecule has 2 heterocycles. The van der Waals surface area contributed by atoms with Gasteiger partial charge in [-0.15, -0.1) is 5.10 Å². The molecule has 0 atom stereocenters. The van der Waals surface area contributed by atoms with Crippen molar-refractivity contribution < 1.29 is 4.42 Å². The molecule has 2 N–H and O–H groups in total. The molecule has 0 aliphatic heterocycles. The topological polar surface area (TPSA) is 77.8 Å². The minimum atomic E-state index is 0.0736. The van der Waals surface area contributed by atoms with E-state index in [0.29, 0.717) is 5.89 Å². The van der Waals surface area contributed by atoms with Crippen LogP contribution in [0.2, 0.25) is 0 Å². The van der Waals surface area contributed by atoms with Crippen molar-refractivity contribution in [3.8, 4) is 11.5 Å². The highest BCUT2D eigenvalue weighted by atomic mass is 16.4. The molecule has 0 aliphatic rings. The van der Waals surface area contributed by atoms with Gasteiger partial charge in [0.15, 0.2) is 0 Å². The van der Waals surface area contributed by atoms with Crippen LogP contribution in [0, 0.1) is 6.92 Å². The molecule has 5 heteroatoms. The summed E-state index contributed by atoms with van der Waals surface area (Å²) in [5.41, 5.74) is 7.03. The fraction of sp³-hybridized carbons (Fsp3) is 0.125. The third kappa shape index (κ3) is 1.48. The van der Waals surface area contributed by atoms with E-state index < -0.39 is 0 Å². The predicted octanol–water partition coefficient (Wildman–Crippen LogP) is 1.02. The van der Waals surface area contributed by atoms with Crippen molar-refractivity contribution in [3.63, 3.8) is 0 Å². The molecule has 0 spiro atoms. The second kappa shape index (κ2) is 2.85. The first kappa shape index (κ1) is 7.72. The molecule has 2 aromatic heterocycles. The van der Waals surface area contributed by atoms with E-state index in [2.05, 4.69) is 15.2 Å². The van der Waals surface area contributed by atoms with Crippen LogP contribution in [-0.4, -0.2) is 15.2 Å². The number of hydrogen-bond acceptors (Lipinski definition) is 5. The van der Waals surface area contributed by atoms with Gasteiger partial charge in [0.1, 0.15) is 0 Å². The Morgan fingerprint density at radius 1 is 1.38 bits per heavy atom. The van der Waals surface area contributed by atoms with E-state index in [1.807, 2.05) is 13.0 Å². The Labute approximate surface area is 74.6 Å². The lowest BCUT2D eigenvalue weighted by molar-refractivity contribution is 0.590. The molecule has 2 rings (SSSR count). The van der Waals surface area contributed by atoms with Crippen molar-refractivity contribution in [2.24, 2.45) is 0 Å². The lowest BCUT2D eigenvalue weighted by Gasteiger charge is -1.94. The van der Waals surface area contributed by atoms with E-state index in [-0.39, 0.29) is 6.01 Å². The molecule has 5 nitrogen and oxygen atoms in total. The first-order valence-corrected chi connectivity index (χ1v) is 3.78. The number of nitrogens with zero attached hydrogens (tertiary/aromatic N) is 3. The zero-order chi connectivity index (χ0) is 9.26. The Kier molecular flexibility index (Phi) is 1.70. The zero-order valence-corrected chi connectivity index (χ0v) is 7.06. The molecule has 0 saturated carbocycles. The summed E-state index contributed by atoms with van der Waals surface area (Å²) in [4.78, 5) is 4.05. The van der Waals surface area contributed by atoms with E-state index in [9.17, 15) is 0 Å². The summed E-state index contributed by atoms with van der Waals surface area (Å²) in [5.74, 6) is 0.419. The van der Waals surface area contributed by atoms with E-state index in [4.69, 9.17) is 10.2 Å². The summed E-state index contributed by atoms with van der Waals surface area (Å²) >= 11 is 0. The Morgan fingerprint density at radius 3 is 2.85 bits per heavy atom. The maximum Gasteiger partial charge on any atom is 0.313 e. The summed E-state index contributed by atoms with van der Waals surface area (Å²) in [7, 11) is 0. The van der Waals surface area contributed by atoms with Crippen LogP contribution in [0.15, 0.2) is 22.7 Å². The zero-order valence-electron chi connectivity index (χ0n) is 7.06. The average Bonchev–Trinajstić information content (AvgIpc) is 2.52. The van der Waals surface area contributed by atoms with Gasteiger partial charge in [0, 0.05) is 17.5 Å². The summed E-state index contributed by atoms with van der Waals surface area (Å²) in [6.45, 7) is 1.89. The third-order valence-corrected chi connectivity index (χ3v) is 1.58. The standard InChI is InChI=1S/C8H8N4O/c1-5-4-6(2-3-10-5)7-11-12-8(9)13-7/h2-4H,1H3,(H2,9,12). The van der Waals surface area contributed by atoms with Gasteiger partial charge in [-0.05, 0) is 19.1 Å². The van der Waals surface area contributed by atoms with Crippen molar-refractivity contribution in [3.05, 3.63) is 24.0 Å². The largest absolute Gasteiger partial charge is 0.404 e. The number of anilines is 1. The minimum Gasteiger partial charge on any atom is -0.404 e. The Bertz CT molecular complexity index is 424. The Morgan fingerprint density at radius 2 is 2.23 bits per heavy atom. The first-order valence-electron chi connectivity index (χ1n) is 3.78. The Hall–Kier alpha value is -1.91. The lowest BCUT2D eigenvalue weighted by atomic mass is 10.2. The van der Waals surface area contributed by atoms with Crippen LogP contribution in [0.1, 0.15) is 5.69 Å². The molecule has 0 unspecified atom stereocenters. The second-order valence-electron chi connectivity index (χ2n) is 2.63. The highest BCUT2D eigenvalue weighted by Gasteiger charge is 2.05. The molecule has 0 aromatic carbocycles. The van der Waals surface area contributed by atoms with Gasteiger partial charge in [-0.2, -0.15) is 0 Å². The highest BCUT2D eigenvalue weighted by molar-refractivity contribution is 5.52. The van der Waals surface area contributed by atoms with Crippen LogP contribution in [0.25, 0.3) is 11.5 Å². The number of aromatic nitrogens is 3. The van der Waals surface area contributed by atoms with Crippen LogP contribution in [0.5, 0.6) is 0 Å². The van der Waals surface area contributed by atoms with Crippen molar-refractivity contribution in [2.45, 2.75) is 6.92 Å². The quantitative estimate of drug-likeness (QED) is 0.701. The van der Waals surface area contributed by atoms with Crippen molar-refractivity contribution in [1.29, 1.82) is 0 Å². The molecule has 0 aliphatic carbocycles. The van der Waals surface area contributed by atoms with Crippen molar-refractivity contribution in [1.82, 2.24) is 15.2 Å². The molecular weight excluding hydrogens is 168 g/mol. The number of aryl methyl sites for hydroxylation is 1. The number of pyridine rings is 1. The molecule has 0 fully saturated rings. The number of nitrogens with two attached hydrogens (primary N) is 1. The van der Waals surface area contributed by atoms with Crippen molar-refractivity contribution >= 4 is 6.01 Å². The number of rotatable bonds is 1. The Balaban J connectivity index is 2.46. The predicted molar refractivity (Wildman–Crippen MR) is 46.7 cm³/mol. The second-order valence-corrected chi connectivity index (χ2v) is 2.63. The normalized spacial score (nSPS) is 10.2. The monoisotopic (exact) mass is 176 g/mol. The first-order chi connectivity index (χ1) is 6.25. The van der Waals surface area contributed by atoms with E-state index in [1.165, 1.54) is 0 Å². The van der Waals surface area contributed by atoms with Gasteiger partial charge in [0.2, 0.25) is 5.89 Å². The third-order valence-electron chi connectivity index (χ3n) is 1.58. The van der Waals surface area contributed by atoms with Crippen LogP contribution < -0.4 is 5.73 Å². The summed E-state index contributed by atoms with van der Waals surface area (Å²) < 4.78 is 5.05. The van der Waals surface area contributed by atoms with Crippen molar-refractivity contribution in [2.75, 3.05) is 5.73 Å². The van der Waals surface area contributed by atoms with Gasteiger partial charge >= 0.3 is 6.01 Å². The van der Waals surface area contributed by atoms with Gasteiger partial charge in [0.25, 0.3) is 0 Å². The molecule has 13 heavy (non-hydrogen) atoms. The number of hydrogen-bond donors (Lipinski definition) is 1. The van der Waals surface area contributed by atoms with Gasteiger partial charge in [-0.1, -0.05) is 5.10 Å². The molecule has 0 saturated heterocycles. The maximum atomic E-state index is 5.30. The molecule has 0 radical (unpaired) electrons. The highest BCUT2D eigenvalue weighted by Crippen LogP contribution is 2.17. The van der Waals surface area contributed by atoms with Crippen LogP contribution in [-0.2, 0) is 0 Å². The maximum absolute atomic E-state index is 5.30. The smallest absolute Gasteiger partial charge is 0.313 e. The molecule has 66 valence electrons. The summed E-state index contributed by atoms with van der Waals surface area (Å²) in [6.07, 6.45) is 1.69. The van der Waals surface area contributed by atoms with Gasteiger partial charge in [-0.25, -0.2) is 0 Å². The van der Waals surface area contributed by atoms with Gasteiger partial charge in [-0.3, -0.25) is 4.98 Å². The van der Waals surface area contributed by atoms with E-state index in [1.54, 1.807) is 12.3 Å². The minimum absolute atomic E-state index is 0.0736. The molecule has 0 bridgehead atoms. The van der Waals surface area contributed by atoms with Crippen LogP contribution in [0.3, 0.4) is 0 Å². The average molecular weight is 176 g/mol. The lowest BCUT2D eigenvalue weighted by Crippen LogP contribution is -1.82. The fourth-order valence-corrected chi connectivity index (χ4v) is 1.03. The molecule has 2 aromatic rings. The molecular formula is C8H8N4O. The van der Waals surface area contributed by atoms with E-state index in [0.717, 1.165) is 11.3 Å². The molecule has 0 amide bonds. The van der Waals surface area contributed by atoms with Crippen LogP contribution in [0.4, 0.5) is 6.01 Å².